The van der Waals surface area contributed by atoms with E-state index in [9.17, 15) is 9.59 Å². The third-order valence-corrected chi connectivity index (χ3v) is 5.58. The molecule has 5 heteroatoms. The second-order valence-electron chi connectivity index (χ2n) is 7.22. The van der Waals surface area contributed by atoms with E-state index in [0.29, 0.717) is 18.5 Å². The van der Waals surface area contributed by atoms with Gasteiger partial charge >= 0.3 is 5.97 Å². The molecule has 1 atom stereocenters. The standard InChI is InChI=1S/C21H22N2O3/c22-13-21(15-7-2-1-3-8-15)11-16(12-21)23-19(24)18-10-14-6-4-5-9-17(14)20(25)26-18/h1-9,16,18H,10-13,22H2,(H,23,24). The molecule has 3 N–H and O–H groups in total. The number of fused-ring (bicyclic) bond motifs is 1. The Morgan fingerprint density at radius 3 is 2.54 bits per heavy atom. The van der Waals surface area contributed by atoms with Crippen LogP contribution in [-0.4, -0.2) is 30.6 Å². The number of hydrogen-bond acceptors (Lipinski definition) is 4. The Hall–Kier alpha value is -2.66. The molecule has 26 heavy (non-hydrogen) atoms. The third-order valence-electron chi connectivity index (χ3n) is 5.58. The second kappa shape index (κ2) is 6.57. The molecule has 2 aliphatic rings. The van der Waals surface area contributed by atoms with Gasteiger partial charge in [-0.05, 0) is 30.0 Å². The minimum absolute atomic E-state index is 0.0575. The van der Waals surface area contributed by atoms with E-state index in [2.05, 4.69) is 17.4 Å². The number of ether oxygens (including phenoxy) is 1. The Morgan fingerprint density at radius 1 is 1.12 bits per heavy atom. The number of cyclic esters (lactones) is 1. The Kier molecular flexibility index (Phi) is 4.24. The number of carbonyl (C=O) groups is 2. The predicted octanol–water partition coefficient (Wildman–Crippen LogP) is 1.94. The highest BCUT2D eigenvalue weighted by molar-refractivity contribution is 5.95. The number of carbonyl (C=O) groups excluding carboxylic acids is 2. The first-order chi connectivity index (χ1) is 12.6. The molecule has 4 rings (SSSR count). The van der Waals surface area contributed by atoms with Gasteiger partial charge in [0.15, 0.2) is 6.10 Å². The highest BCUT2D eigenvalue weighted by Crippen LogP contribution is 2.43. The molecule has 0 radical (unpaired) electrons. The molecular weight excluding hydrogens is 328 g/mol. The van der Waals surface area contributed by atoms with Crippen molar-refractivity contribution in [3.8, 4) is 0 Å². The monoisotopic (exact) mass is 350 g/mol. The van der Waals surface area contributed by atoms with Crippen LogP contribution in [0.3, 0.4) is 0 Å². The van der Waals surface area contributed by atoms with Gasteiger partial charge in [-0.15, -0.1) is 0 Å². The first-order valence-corrected chi connectivity index (χ1v) is 8.96. The zero-order valence-electron chi connectivity index (χ0n) is 14.5. The van der Waals surface area contributed by atoms with Gasteiger partial charge < -0.3 is 15.8 Å². The van der Waals surface area contributed by atoms with Crippen molar-refractivity contribution in [2.45, 2.75) is 36.8 Å². The summed E-state index contributed by atoms with van der Waals surface area (Å²) in [5.74, 6) is -0.655. The van der Waals surface area contributed by atoms with Gasteiger partial charge in [0, 0.05) is 24.4 Å². The van der Waals surface area contributed by atoms with Crippen LogP contribution in [0.4, 0.5) is 0 Å². The molecule has 2 aromatic rings. The summed E-state index contributed by atoms with van der Waals surface area (Å²) in [6.45, 7) is 0.551. The van der Waals surface area contributed by atoms with E-state index in [1.807, 2.05) is 30.3 Å². The summed E-state index contributed by atoms with van der Waals surface area (Å²) in [7, 11) is 0. The summed E-state index contributed by atoms with van der Waals surface area (Å²) in [5.41, 5.74) is 8.57. The zero-order chi connectivity index (χ0) is 18.1. The van der Waals surface area contributed by atoms with Gasteiger partial charge in [-0.3, -0.25) is 4.79 Å². The number of esters is 1. The van der Waals surface area contributed by atoms with Gasteiger partial charge in [0.2, 0.25) is 0 Å². The Balaban J connectivity index is 1.39. The number of rotatable bonds is 4. The predicted molar refractivity (Wildman–Crippen MR) is 97.7 cm³/mol. The fourth-order valence-corrected chi connectivity index (χ4v) is 4.07. The molecule has 1 fully saturated rings. The molecule has 1 saturated carbocycles. The van der Waals surface area contributed by atoms with Gasteiger partial charge in [0.05, 0.1) is 5.56 Å². The molecular formula is C21H22N2O3. The molecule has 0 bridgehead atoms. The lowest BCUT2D eigenvalue weighted by Crippen LogP contribution is -2.58. The normalized spacial score (nSPS) is 27.0. The maximum atomic E-state index is 12.6. The van der Waals surface area contributed by atoms with Crippen molar-refractivity contribution < 1.29 is 14.3 Å². The lowest BCUT2D eigenvalue weighted by molar-refractivity contribution is -0.132. The lowest BCUT2D eigenvalue weighted by atomic mass is 9.61. The lowest BCUT2D eigenvalue weighted by Gasteiger charge is -2.48. The highest BCUT2D eigenvalue weighted by Gasteiger charge is 2.45. The van der Waals surface area contributed by atoms with Crippen molar-refractivity contribution >= 4 is 11.9 Å². The molecule has 5 nitrogen and oxygen atoms in total. The van der Waals surface area contributed by atoms with Crippen molar-refractivity contribution in [2.75, 3.05) is 6.54 Å². The van der Waals surface area contributed by atoms with E-state index in [4.69, 9.17) is 10.5 Å². The molecule has 134 valence electrons. The number of amides is 1. The second-order valence-corrected chi connectivity index (χ2v) is 7.22. The molecule has 1 unspecified atom stereocenters. The zero-order valence-corrected chi connectivity index (χ0v) is 14.5. The van der Waals surface area contributed by atoms with Crippen molar-refractivity contribution in [3.63, 3.8) is 0 Å². The number of nitrogens with one attached hydrogen (secondary N) is 1. The van der Waals surface area contributed by atoms with Crippen LogP contribution < -0.4 is 11.1 Å². The Morgan fingerprint density at radius 2 is 1.81 bits per heavy atom. The van der Waals surface area contributed by atoms with E-state index in [1.165, 1.54) is 5.56 Å². The largest absolute Gasteiger partial charge is 0.448 e. The summed E-state index contributed by atoms with van der Waals surface area (Å²) in [6, 6.07) is 17.5. The first-order valence-electron chi connectivity index (χ1n) is 8.96. The van der Waals surface area contributed by atoms with Crippen LogP contribution >= 0.6 is 0 Å². The molecule has 0 aromatic heterocycles. The van der Waals surface area contributed by atoms with Crippen molar-refractivity contribution in [3.05, 3.63) is 71.3 Å². The third kappa shape index (κ3) is 2.88. The van der Waals surface area contributed by atoms with Crippen LogP contribution in [0, 0.1) is 0 Å². The Bertz CT molecular complexity index is 828. The molecule has 1 aliphatic heterocycles. The van der Waals surface area contributed by atoms with Crippen LogP contribution in [0.2, 0.25) is 0 Å². The minimum atomic E-state index is -0.762. The molecule has 2 aromatic carbocycles. The Labute approximate surface area is 152 Å². The molecule has 1 aliphatic carbocycles. The number of hydrogen-bond donors (Lipinski definition) is 2. The van der Waals surface area contributed by atoms with Gasteiger partial charge in [-0.2, -0.15) is 0 Å². The number of benzene rings is 2. The van der Waals surface area contributed by atoms with E-state index < -0.39 is 12.1 Å². The maximum absolute atomic E-state index is 12.6. The summed E-state index contributed by atoms with van der Waals surface area (Å²) in [5, 5.41) is 3.02. The van der Waals surface area contributed by atoms with Crippen LogP contribution in [0.1, 0.15) is 34.3 Å². The van der Waals surface area contributed by atoms with Gasteiger partial charge in [-0.1, -0.05) is 48.5 Å². The smallest absolute Gasteiger partial charge is 0.339 e. The summed E-state index contributed by atoms with van der Waals surface area (Å²) in [4.78, 5) is 24.7. The molecule has 1 amide bonds. The van der Waals surface area contributed by atoms with E-state index >= 15 is 0 Å². The summed E-state index contributed by atoms with van der Waals surface area (Å²) >= 11 is 0. The summed E-state index contributed by atoms with van der Waals surface area (Å²) < 4.78 is 5.33. The molecule has 0 saturated heterocycles. The molecule has 0 spiro atoms. The van der Waals surface area contributed by atoms with Crippen molar-refractivity contribution in [2.24, 2.45) is 5.73 Å². The van der Waals surface area contributed by atoms with E-state index in [1.54, 1.807) is 12.1 Å². The maximum Gasteiger partial charge on any atom is 0.339 e. The van der Waals surface area contributed by atoms with Crippen molar-refractivity contribution in [1.29, 1.82) is 0 Å². The average Bonchev–Trinajstić information content (AvgIpc) is 2.65. The van der Waals surface area contributed by atoms with Gasteiger partial charge in [-0.25, -0.2) is 4.79 Å². The highest BCUT2D eigenvalue weighted by atomic mass is 16.5. The van der Waals surface area contributed by atoms with Crippen LogP contribution in [0.25, 0.3) is 0 Å². The minimum Gasteiger partial charge on any atom is -0.448 e. The first kappa shape index (κ1) is 16.8. The van der Waals surface area contributed by atoms with Gasteiger partial charge in [0.1, 0.15) is 0 Å². The fourth-order valence-electron chi connectivity index (χ4n) is 4.07. The van der Waals surface area contributed by atoms with E-state index in [-0.39, 0.29) is 17.4 Å². The topological polar surface area (TPSA) is 81.4 Å². The van der Waals surface area contributed by atoms with E-state index in [0.717, 1.165) is 18.4 Å². The summed E-state index contributed by atoms with van der Waals surface area (Å²) in [6.07, 6.45) is 1.26. The van der Waals surface area contributed by atoms with Crippen LogP contribution in [-0.2, 0) is 21.4 Å². The van der Waals surface area contributed by atoms with Gasteiger partial charge in [0.25, 0.3) is 5.91 Å². The molecule has 1 heterocycles. The number of nitrogens with two attached hydrogens (primary N) is 1. The average molecular weight is 350 g/mol. The fraction of sp³-hybridized carbons (Fsp3) is 0.333. The quantitative estimate of drug-likeness (QED) is 0.826. The van der Waals surface area contributed by atoms with Crippen LogP contribution in [0.5, 0.6) is 0 Å². The SMILES string of the molecule is NCC1(c2ccccc2)CC(NC(=O)C2Cc3ccccc3C(=O)O2)C1. The van der Waals surface area contributed by atoms with Crippen LogP contribution in [0.15, 0.2) is 54.6 Å². The van der Waals surface area contributed by atoms with Crippen molar-refractivity contribution in [1.82, 2.24) is 5.32 Å².